The van der Waals surface area contributed by atoms with Gasteiger partial charge in [-0.15, -0.1) is 0 Å². The third kappa shape index (κ3) is 5.75. The Morgan fingerprint density at radius 3 is 2.67 bits per heavy atom. The number of piperidine rings is 1. The summed E-state index contributed by atoms with van der Waals surface area (Å²) in [6.45, 7) is 7.61. The standard InChI is InChI=1S/C26H36N6O/c1-20-4-2-6-23(16-20)30-12-14-31(15-13-30)26(33)10-7-21-5-3-11-32(18-21)25-17-24(27-19-28-25)29-22-8-9-22/h2,4,6,16-17,19,21-22H,3,5,7-15,18H2,1H3,(H,27,28,29)/t21-/m0/s1. The van der Waals surface area contributed by atoms with E-state index in [0.29, 0.717) is 24.3 Å². The quantitative estimate of drug-likeness (QED) is 0.697. The third-order valence-corrected chi connectivity index (χ3v) is 7.19. The van der Waals surface area contributed by atoms with E-state index >= 15 is 0 Å². The van der Waals surface area contributed by atoms with Gasteiger partial charge in [0.25, 0.3) is 0 Å². The zero-order chi connectivity index (χ0) is 22.6. The molecule has 1 N–H and O–H groups in total. The first-order valence-electron chi connectivity index (χ1n) is 12.6. The van der Waals surface area contributed by atoms with Crippen LogP contribution in [-0.4, -0.2) is 66.1 Å². The summed E-state index contributed by atoms with van der Waals surface area (Å²) < 4.78 is 0. The first-order valence-corrected chi connectivity index (χ1v) is 12.6. The maximum absolute atomic E-state index is 12.9. The lowest BCUT2D eigenvalue weighted by Crippen LogP contribution is -2.49. The minimum Gasteiger partial charge on any atom is -0.368 e. The van der Waals surface area contributed by atoms with Crippen LogP contribution in [0, 0.1) is 12.8 Å². The van der Waals surface area contributed by atoms with Gasteiger partial charge in [-0.2, -0.15) is 0 Å². The number of nitrogens with one attached hydrogen (secondary N) is 1. The predicted octanol–water partition coefficient (Wildman–Crippen LogP) is 3.70. The van der Waals surface area contributed by atoms with Gasteiger partial charge in [-0.25, -0.2) is 9.97 Å². The highest BCUT2D eigenvalue weighted by Gasteiger charge is 2.26. The molecule has 0 unspecified atom stereocenters. The second-order valence-corrected chi connectivity index (χ2v) is 9.88. The topological polar surface area (TPSA) is 64.6 Å². The van der Waals surface area contributed by atoms with Crippen LogP contribution in [0.5, 0.6) is 0 Å². The van der Waals surface area contributed by atoms with Gasteiger partial charge < -0.3 is 20.0 Å². The maximum Gasteiger partial charge on any atom is 0.222 e. The predicted molar refractivity (Wildman–Crippen MR) is 133 cm³/mol. The van der Waals surface area contributed by atoms with Crippen LogP contribution >= 0.6 is 0 Å². The summed E-state index contributed by atoms with van der Waals surface area (Å²) in [5, 5.41) is 3.47. The molecule has 176 valence electrons. The Bertz CT molecular complexity index is 953. The van der Waals surface area contributed by atoms with Crippen molar-refractivity contribution >= 4 is 23.2 Å². The number of benzene rings is 1. The van der Waals surface area contributed by atoms with E-state index in [0.717, 1.165) is 63.7 Å². The van der Waals surface area contributed by atoms with Crippen LogP contribution in [0.2, 0.25) is 0 Å². The van der Waals surface area contributed by atoms with Gasteiger partial charge in [-0.3, -0.25) is 4.79 Å². The maximum atomic E-state index is 12.9. The van der Waals surface area contributed by atoms with Gasteiger partial charge in [0.1, 0.15) is 18.0 Å². The third-order valence-electron chi connectivity index (χ3n) is 7.19. The summed E-state index contributed by atoms with van der Waals surface area (Å²) in [5.41, 5.74) is 2.55. The fourth-order valence-corrected chi connectivity index (χ4v) is 5.07. The number of anilines is 3. The van der Waals surface area contributed by atoms with Gasteiger partial charge in [0.15, 0.2) is 0 Å². The molecule has 1 aromatic heterocycles. The molecule has 0 spiro atoms. The average Bonchev–Trinajstić information content (AvgIpc) is 3.67. The highest BCUT2D eigenvalue weighted by molar-refractivity contribution is 5.76. The minimum absolute atomic E-state index is 0.314. The molecule has 0 radical (unpaired) electrons. The summed E-state index contributed by atoms with van der Waals surface area (Å²) in [5.74, 6) is 2.81. The first-order chi connectivity index (χ1) is 16.1. The largest absolute Gasteiger partial charge is 0.368 e. The molecule has 1 atom stereocenters. The van der Waals surface area contributed by atoms with Crippen LogP contribution in [0.25, 0.3) is 0 Å². The molecule has 5 rings (SSSR count). The summed E-state index contributed by atoms with van der Waals surface area (Å²) in [4.78, 5) is 28.6. The van der Waals surface area contributed by atoms with Crippen LogP contribution in [0.15, 0.2) is 36.7 Å². The molecule has 1 aromatic carbocycles. The van der Waals surface area contributed by atoms with Crippen molar-refractivity contribution in [1.29, 1.82) is 0 Å². The second-order valence-electron chi connectivity index (χ2n) is 9.88. The van der Waals surface area contributed by atoms with Crippen molar-refractivity contribution in [3.05, 3.63) is 42.2 Å². The van der Waals surface area contributed by atoms with Gasteiger partial charge >= 0.3 is 0 Å². The highest BCUT2D eigenvalue weighted by Crippen LogP contribution is 2.28. The van der Waals surface area contributed by atoms with E-state index in [-0.39, 0.29) is 0 Å². The molecule has 1 amide bonds. The molecule has 3 fully saturated rings. The zero-order valence-electron chi connectivity index (χ0n) is 19.7. The Hall–Kier alpha value is -2.83. The molecule has 2 saturated heterocycles. The smallest absolute Gasteiger partial charge is 0.222 e. The van der Waals surface area contributed by atoms with Gasteiger partial charge in [0, 0.05) is 63.5 Å². The van der Waals surface area contributed by atoms with Crippen LogP contribution in [0.4, 0.5) is 17.3 Å². The molecule has 3 heterocycles. The number of amides is 1. The highest BCUT2D eigenvalue weighted by atomic mass is 16.2. The van der Waals surface area contributed by atoms with E-state index in [1.165, 1.54) is 30.5 Å². The van der Waals surface area contributed by atoms with Crippen molar-refractivity contribution < 1.29 is 4.79 Å². The van der Waals surface area contributed by atoms with Crippen molar-refractivity contribution in [1.82, 2.24) is 14.9 Å². The molecule has 7 heteroatoms. The number of nitrogens with zero attached hydrogens (tertiary/aromatic N) is 5. The molecule has 2 aromatic rings. The fourth-order valence-electron chi connectivity index (χ4n) is 5.07. The van der Waals surface area contributed by atoms with Crippen LogP contribution in [-0.2, 0) is 4.79 Å². The Morgan fingerprint density at radius 1 is 1.03 bits per heavy atom. The lowest BCUT2D eigenvalue weighted by atomic mass is 9.93. The van der Waals surface area contributed by atoms with Crippen molar-refractivity contribution in [3.63, 3.8) is 0 Å². The second kappa shape index (κ2) is 9.98. The van der Waals surface area contributed by atoms with Gasteiger partial charge in [-0.1, -0.05) is 12.1 Å². The molecule has 3 aliphatic rings. The summed E-state index contributed by atoms with van der Waals surface area (Å²) in [6.07, 6.45) is 8.11. The molecule has 1 saturated carbocycles. The Kier molecular flexibility index (Phi) is 6.65. The number of carbonyl (C=O) groups is 1. The van der Waals surface area contributed by atoms with Gasteiger partial charge in [0.2, 0.25) is 5.91 Å². The summed E-state index contributed by atoms with van der Waals surface area (Å²) in [7, 11) is 0. The van der Waals surface area contributed by atoms with Crippen molar-refractivity contribution in [2.75, 3.05) is 54.4 Å². The molecule has 2 aliphatic heterocycles. The van der Waals surface area contributed by atoms with E-state index in [9.17, 15) is 4.79 Å². The SMILES string of the molecule is Cc1cccc(N2CCN(C(=O)CC[C@@H]3CCCN(c4cc(NC5CC5)ncn4)C3)CC2)c1. The van der Waals surface area contributed by atoms with E-state index in [2.05, 4.69) is 67.2 Å². The zero-order valence-corrected chi connectivity index (χ0v) is 19.7. The van der Waals surface area contributed by atoms with Crippen LogP contribution in [0.1, 0.15) is 44.1 Å². The van der Waals surface area contributed by atoms with E-state index in [1.54, 1.807) is 6.33 Å². The molecule has 0 bridgehead atoms. The number of aryl methyl sites for hydroxylation is 1. The van der Waals surface area contributed by atoms with E-state index in [4.69, 9.17) is 0 Å². The van der Waals surface area contributed by atoms with Gasteiger partial charge in [0.05, 0.1) is 0 Å². The van der Waals surface area contributed by atoms with Crippen molar-refractivity contribution in [2.45, 2.75) is 51.5 Å². The lowest BCUT2D eigenvalue weighted by Gasteiger charge is -2.37. The number of piperazine rings is 1. The van der Waals surface area contributed by atoms with E-state index < -0.39 is 0 Å². The number of hydrogen-bond acceptors (Lipinski definition) is 6. The summed E-state index contributed by atoms with van der Waals surface area (Å²) >= 11 is 0. The molecular formula is C26H36N6O. The summed E-state index contributed by atoms with van der Waals surface area (Å²) in [6, 6.07) is 11.3. The number of aromatic nitrogens is 2. The normalized spacial score (nSPS) is 21.2. The first kappa shape index (κ1) is 22.0. The van der Waals surface area contributed by atoms with Crippen LogP contribution in [0.3, 0.4) is 0 Å². The minimum atomic E-state index is 0.314. The van der Waals surface area contributed by atoms with Crippen molar-refractivity contribution in [3.8, 4) is 0 Å². The monoisotopic (exact) mass is 448 g/mol. The van der Waals surface area contributed by atoms with Crippen molar-refractivity contribution in [2.24, 2.45) is 5.92 Å². The Balaban J connectivity index is 1.08. The molecule has 33 heavy (non-hydrogen) atoms. The molecule has 7 nitrogen and oxygen atoms in total. The average molecular weight is 449 g/mol. The van der Waals surface area contributed by atoms with Gasteiger partial charge in [-0.05, 0) is 62.6 Å². The Morgan fingerprint density at radius 2 is 1.88 bits per heavy atom. The molecular weight excluding hydrogens is 412 g/mol. The fraction of sp³-hybridized carbons (Fsp3) is 0.577. The Labute approximate surface area is 197 Å². The molecule has 1 aliphatic carbocycles. The number of hydrogen-bond donors (Lipinski definition) is 1. The lowest BCUT2D eigenvalue weighted by molar-refractivity contribution is -0.131. The number of carbonyl (C=O) groups excluding carboxylic acids is 1. The van der Waals surface area contributed by atoms with Crippen LogP contribution < -0.4 is 15.1 Å². The number of rotatable bonds is 7. The van der Waals surface area contributed by atoms with E-state index in [1.807, 2.05) is 0 Å².